The van der Waals surface area contributed by atoms with Crippen molar-refractivity contribution < 1.29 is 27.7 Å². The number of nitro groups is 1. The molecule has 0 spiro atoms. The zero-order valence-electron chi connectivity index (χ0n) is 16.8. The molecule has 0 aliphatic carbocycles. The molecule has 0 aliphatic rings. The summed E-state index contributed by atoms with van der Waals surface area (Å²) in [5, 5.41) is 23.7. The van der Waals surface area contributed by atoms with Gasteiger partial charge in [0.2, 0.25) is 10.0 Å². The second-order valence-corrected chi connectivity index (χ2v) is 8.41. The van der Waals surface area contributed by atoms with E-state index in [1.165, 1.54) is 18.2 Å². The highest BCUT2D eigenvalue weighted by atomic mass is 32.2. The number of rotatable bonds is 8. The first kappa shape index (κ1) is 23.3. The predicted octanol–water partition coefficient (Wildman–Crippen LogP) is 2.08. The standard InChI is InChI=1S/C21H16N4O7S/c22-11-16-9-17(25(28)29)6-8-19(16)24-20(26)13-32-21(27)12-23-33(30,31)18-7-5-14-3-1-2-4-15(14)10-18/h1-10,23H,12-13H2,(H,24,26). The van der Waals surface area contributed by atoms with Crippen LogP contribution in [0.2, 0.25) is 0 Å². The number of fused-ring (bicyclic) bond motifs is 1. The van der Waals surface area contributed by atoms with E-state index in [2.05, 4.69) is 10.0 Å². The van der Waals surface area contributed by atoms with E-state index in [9.17, 15) is 28.1 Å². The molecule has 33 heavy (non-hydrogen) atoms. The minimum atomic E-state index is -4.00. The normalized spacial score (nSPS) is 10.9. The van der Waals surface area contributed by atoms with E-state index in [4.69, 9.17) is 10.00 Å². The first-order chi connectivity index (χ1) is 15.7. The van der Waals surface area contributed by atoms with Gasteiger partial charge >= 0.3 is 5.97 Å². The Kier molecular flexibility index (Phi) is 6.97. The van der Waals surface area contributed by atoms with Crippen molar-refractivity contribution in [3.05, 3.63) is 76.3 Å². The third kappa shape index (κ3) is 5.88. The third-order valence-electron chi connectivity index (χ3n) is 4.41. The Morgan fingerprint density at radius 1 is 1.06 bits per heavy atom. The van der Waals surface area contributed by atoms with E-state index in [0.29, 0.717) is 5.39 Å². The number of amides is 1. The lowest BCUT2D eigenvalue weighted by Gasteiger charge is -2.09. The van der Waals surface area contributed by atoms with E-state index in [0.717, 1.165) is 17.5 Å². The van der Waals surface area contributed by atoms with Crippen LogP contribution in [0.1, 0.15) is 5.56 Å². The van der Waals surface area contributed by atoms with Crippen molar-refractivity contribution in [2.24, 2.45) is 0 Å². The SMILES string of the molecule is N#Cc1cc([N+](=O)[O-])ccc1NC(=O)COC(=O)CNS(=O)(=O)c1ccc2ccccc2c1. The van der Waals surface area contributed by atoms with Crippen molar-refractivity contribution in [1.29, 1.82) is 5.26 Å². The molecule has 0 saturated heterocycles. The number of sulfonamides is 1. The van der Waals surface area contributed by atoms with E-state index in [1.807, 2.05) is 12.1 Å². The summed E-state index contributed by atoms with van der Waals surface area (Å²) in [6.07, 6.45) is 0. The average Bonchev–Trinajstić information content (AvgIpc) is 2.81. The fraction of sp³-hybridized carbons (Fsp3) is 0.0952. The van der Waals surface area contributed by atoms with Crippen LogP contribution in [0.3, 0.4) is 0 Å². The number of anilines is 1. The van der Waals surface area contributed by atoms with Gasteiger partial charge in [-0.1, -0.05) is 30.3 Å². The molecule has 0 aromatic heterocycles. The Morgan fingerprint density at radius 3 is 2.48 bits per heavy atom. The van der Waals surface area contributed by atoms with E-state index in [-0.39, 0.29) is 21.8 Å². The molecule has 0 saturated carbocycles. The molecule has 11 nitrogen and oxygen atoms in total. The number of carbonyl (C=O) groups is 2. The first-order valence-corrected chi connectivity index (χ1v) is 10.8. The lowest BCUT2D eigenvalue weighted by atomic mass is 10.1. The zero-order chi connectivity index (χ0) is 24.0. The summed E-state index contributed by atoms with van der Waals surface area (Å²) < 4.78 is 31.7. The van der Waals surface area contributed by atoms with Crippen molar-refractivity contribution in [3.8, 4) is 6.07 Å². The second-order valence-electron chi connectivity index (χ2n) is 6.64. The summed E-state index contributed by atoms with van der Waals surface area (Å²) in [5.41, 5.74) is -0.470. The molecule has 0 heterocycles. The molecule has 0 unspecified atom stereocenters. The van der Waals surface area contributed by atoms with Crippen LogP contribution in [-0.2, 0) is 24.3 Å². The molecule has 3 aromatic rings. The molecule has 3 rings (SSSR count). The van der Waals surface area contributed by atoms with Crippen LogP contribution in [0.5, 0.6) is 0 Å². The minimum absolute atomic E-state index is 0.00107. The van der Waals surface area contributed by atoms with Crippen molar-refractivity contribution >= 4 is 44.0 Å². The minimum Gasteiger partial charge on any atom is -0.455 e. The first-order valence-electron chi connectivity index (χ1n) is 9.32. The summed E-state index contributed by atoms with van der Waals surface area (Å²) >= 11 is 0. The number of hydrogen-bond acceptors (Lipinski definition) is 8. The molecule has 3 aromatic carbocycles. The number of nitrogens with one attached hydrogen (secondary N) is 2. The number of hydrogen-bond donors (Lipinski definition) is 2. The maximum atomic E-state index is 12.4. The van der Waals surface area contributed by atoms with Crippen molar-refractivity contribution in [2.45, 2.75) is 4.90 Å². The van der Waals surface area contributed by atoms with Gasteiger partial charge in [0.15, 0.2) is 6.61 Å². The monoisotopic (exact) mass is 468 g/mol. The average molecular weight is 468 g/mol. The fourth-order valence-electron chi connectivity index (χ4n) is 2.80. The summed E-state index contributed by atoms with van der Waals surface area (Å²) in [4.78, 5) is 33.9. The number of esters is 1. The maximum absolute atomic E-state index is 12.4. The second kappa shape index (κ2) is 9.86. The van der Waals surface area contributed by atoms with Crippen LogP contribution in [-0.4, -0.2) is 38.4 Å². The molecule has 0 radical (unpaired) electrons. The molecule has 168 valence electrons. The Morgan fingerprint density at radius 2 is 1.79 bits per heavy atom. The molecule has 0 bridgehead atoms. The lowest BCUT2D eigenvalue weighted by Crippen LogP contribution is -2.32. The molecule has 2 N–H and O–H groups in total. The van der Waals surface area contributed by atoms with Crippen LogP contribution in [0.15, 0.2) is 65.6 Å². The molecule has 0 fully saturated rings. The summed E-state index contributed by atoms with van der Waals surface area (Å²) in [6.45, 7) is -1.46. The number of carbonyl (C=O) groups excluding carboxylic acids is 2. The number of nitrogens with zero attached hydrogens (tertiary/aromatic N) is 2. The number of benzene rings is 3. The van der Waals surface area contributed by atoms with E-state index in [1.54, 1.807) is 24.3 Å². The topological polar surface area (TPSA) is 168 Å². The highest BCUT2D eigenvalue weighted by molar-refractivity contribution is 7.89. The van der Waals surface area contributed by atoms with E-state index < -0.39 is 40.0 Å². The van der Waals surface area contributed by atoms with Gasteiger partial charge in [-0.15, -0.1) is 0 Å². The van der Waals surface area contributed by atoms with Gasteiger partial charge in [-0.25, -0.2) is 8.42 Å². The van der Waals surface area contributed by atoms with Gasteiger partial charge in [-0.2, -0.15) is 9.98 Å². The van der Waals surface area contributed by atoms with Gasteiger partial charge in [-0.3, -0.25) is 19.7 Å². The number of non-ortho nitro benzene ring substituents is 1. The number of nitro benzene ring substituents is 1. The quantitative estimate of drug-likeness (QED) is 0.288. The summed E-state index contributed by atoms with van der Waals surface area (Å²) in [6, 6.07) is 16.7. The highest BCUT2D eigenvalue weighted by Gasteiger charge is 2.18. The molecule has 1 amide bonds. The predicted molar refractivity (Wildman–Crippen MR) is 117 cm³/mol. The molecular formula is C21H16N4O7S. The Hall–Kier alpha value is -4.34. The maximum Gasteiger partial charge on any atom is 0.321 e. The molecule has 0 aliphatic heterocycles. The fourth-order valence-corrected chi connectivity index (χ4v) is 3.81. The van der Waals surface area contributed by atoms with Crippen LogP contribution in [0, 0.1) is 21.4 Å². The van der Waals surface area contributed by atoms with Crippen molar-refractivity contribution in [2.75, 3.05) is 18.5 Å². The lowest BCUT2D eigenvalue weighted by molar-refractivity contribution is -0.384. The van der Waals surface area contributed by atoms with Gasteiger partial charge in [0, 0.05) is 12.1 Å². The van der Waals surface area contributed by atoms with Crippen molar-refractivity contribution in [3.63, 3.8) is 0 Å². The highest BCUT2D eigenvalue weighted by Crippen LogP contribution is 2.21. The van der Waals surface area contributed by atoms with Gasteiger partial charge in [0.05, 0.1) is 21.1 Å². The van der Waals surface area contributed by atoms with E-state index >= 15 is 0 Å². The number of ether oxygens (including phenoxy) is 1. The van der Waals surface area contributed by atoms with Crippen LogP contribution >= 0.6 is 0 Å². The number of nitriles is 1. The Balaban J connectivity index is 1.54. The summed E-state index contributed by atoms with van der Waals surface area (Å²) in [7, 11) is -4.00. The van der Waals surface area contributed by atoms with Crippen LogP contribution in [0.4, 0.5) is 11.4 Å². The van der Waals surface area contributed by atoms with Crippen LogP contribution < -0.4 is 10.0 Å². The largest absolute Gasteiger partial charge is 0.455 e. The van der Waals surface area contributed by atoms with Gasteiger partial charge < -0.3 is 10.1 Å². The Labute approximate surface area is 187 Å². The molecule has 0 atom stereocenters. The van der Waals surface area contributed by atoms with Crippen molar-refractivity contribution in [1.82, 2.24) is 4.72 Å². The van der Waals surface area contributed by atoms with Gasteiger partial charge in [-0.05, 0) is 29.0 Å². The van der Waals surface area contributed by atoms with Crippen LogP contribution in [0.25, 0.3) is 10.8 Å². The zero-order valence-corrected chi connectivity index (χ0v) is 17.7. The Bertz CT molecular complexity index is 1400. The molecule has 12 heteroatoms. The van der Waals surface area contributed by atoms with Gasteiger partial charge in [0.1, 0.15) is 12.6 Å². The smallest absolute Gasteiger partial charge is 0.321 e. The molecular weight excluding hydrogens is 452 g/mol. The third-order valence-corrected chi connectivity index (χ3v) is 5.81. The summed E-state index contributed by atoms with van der Waals surface area (Å²) in [5.74, 6) is -1.81. The van der Waals surface area contributed by atoms with Gasteiger partial charge in [0.25, 0.3) is 11.6 Å².